The second kappa shape index (κ2) is 7.95. The number of imidazole rings is 1. The van der Waals surface area contributed by atoms with E-state index in [1.807, 2.05) is 34.9 Å². The van der Waals surface area contributed by atoms with Crippen LogP contribution in [-0.4, -0.2) is 24.1 Å². The van der Waals surface area contributed by atoms with Crippen molar-refractivity contribution in [3.05, 3.63) is 93.1 Å². The summed E-state index contributed by atoms with van der Waals surface area (Å²) < 4.78 is 10.1. The molecule has 1 aromatic carbocycles. The Balaban J connectivity index is 1.55. The lowest BCUT2D eigenvalue weighted by molar-refractivity contribution is 0.436. The molecule has 0 atom stereocenters. The summed E-state index contributed by atoms with van der Waals surface area (Å²) in [6.45, 7) is 0.434. The standard InChI is InChI=1S/C19H13BrClN5O2/c20-14-1-3-15(4-2-14)28-19-10-23-12-25(19)11-13-5-6-26(18(27)7-13)17-9-22-8-16(21)24-17/h1-10,12H,11H2. The Labute approximate surface area is 173 Å². The van der Waals surface area contributed by atoms with Gasteiger partial charge in [0.2, 0.25) is 5.88 Å². The van der Waals surface area contributed by atoms with Crippen LogP contribution >= 0.6 is 27.5 Å². The van der Waals surface area contributed by atoms with E-state index in [1.54, 1.807) is 18.7 Å². The van der Waals surface area contributed by atoms with Gasteiger partial charge in [-0.15, -0.1) is 0 Å². The minimum atomic E-state index is -0.232. The first-order chi connectivity index (χ1) is 13.6. The number of ether oxygens (including phenoxy) is 1. The van der Waals surface area contributed by atoms with Crippen molar-refractivity contribution in [1.82, 2.24) is 24.1 Å². The maximum Gasteiger partial charge on any atom is 0.256 e. The Morgan fingerprint density at radius 3 is 2.64 bits per heavy atom. The molecule has 4 rings (SSSR count). The molecule has 3 heterocycles. The topological polar surface area (TPSA) is 74.8 Å². The van der Waals surface area contributed by atoms with Gasteiger partial charge in [-0.25, -0.2) is 9.97 Å². The highest BCUT2D eigenvalue weighted by molar-refractivity contribution is 9.10. The lowest BCUT2D eigenvalue weighted by Gasteiger charge is -2.10. The maximum absolute atomic E-state index is 12.5. The highest BCUT2D eigenvalue weighted by atomic mass is 79.9. The van der Waals surface area contributed by atoms with Gasteiger partial charge in [-0.1, -0.05) is 27.5 Å². The zero-order valence-corrected chi connectivity index (χ0v) is 16.7. The summed E-state index contributed by atoms with van der Waals surface area (Å²) >= 11 is 9.24. The first-order valence-corrected chi connectivity index (χ1v) is 9.39. The first-order valence-electron chi connectivity index (χ1n) is 8.21. The minimum Gasteiger partial charge on any atom is -0.439 e. The molecule has 0 amide bonds. The smallest absolute Gasteiger partial charge is 0.256 e. The van der Waals surface area contributed by atoms with Crippen molar-refractivity contribution in [2.24, 2.45) is 0 Å². The van der Waals surface area contributed by atoms with Crippen molar-refractivity contribution in [1.29, 1.82) is 0 Å². The zero-order chi connectivity index (χ0) is 19.5. The number of hydrogen-bond acceptors (Lipinski definition) is 5. The van der Waals surface area contributed by atoms with Gasteiger partial charge in [-0.2, -0.15) is 0 Å². The third-order valence-electron chi connectivity index (χ3n) is 3.89. The predicted molar refractivity (Wildman–Crippen MR) is 108 cm³/mol. The monoisotopic (exact) mass is 457 g/mol. The highest BCUT2D eigenvalue weighted by Crippen LogP contribution is 2.23. The Bertz CT molecular complexity index is 1170. The van der Waals surface area contributed by atoms with Crippen molar-refractivity contribution < 1.29 is 4.74 Å². The number of nitrogens with zero attached hydrogens (tertiary/aromatic N) is 5. The van der Waals surface area contributed by atoms with Gasteiger partial charge in [0.15, 0.2) is 5.82 Å². The molecular formula is C19H13BrClN5O2. The van der Waals surface area contributed by atoms with Crippen LogP contribution in [0.2, 0.25) is 5.15 Å². The molecule has 28 heavy (non-hydrogen) atoms. The van der Waals surface area contributed by atoms with Crippen LogP contribution in [-0.2, 0) is 6.54 Å². The molecule has 4 aromatic rings. The van der Waals surface area contributed by atoms with Crippen molar-refractivity contribution >= 4 is 27.5 Å². The summed E-state index contributed by atoms with van der Waals surface area (Å²) in [5.41, 5.74) is 0.569. The van der Waals surface area contributed by atoms with E-state index in [-0.39, 0.29) is 10.7 Å². The normalized spacial score (nSPS) is 10.8. The fourth-order valence-electron chi connectivity index (χ4n) is 2.59. The molecule has 0 spiro atoms. The number of benzene rings is 1. The average molecular weight is 459 g/mol. The van der Waals surface area contributed by atoms with Gasteiger partial charge in [0.1, 0.15) is 10.9 Å². The second-order valence-corrected chi connectivity index (χ2v) is 7.16. The summed E-state index contributed by atoms with van der Waals surface area (Å²) in [7, 11) is 0. The second-order valence-electron chi connectivity index (χ2n) is 5.86. The number of pyridine rings is 1. The van der Waals surface area contributed by atoms with E-state index in [9.17, 15) is 4.79 Å². The van der Waals surface area contributed by atoms with Crippen LogP contribution in [0.1, 0.15) is 5.56 Å². The first kappa shape index (κ1) is 18.4. The number of hydrogen-bond donors (Lipinski definition) is 0. The molecule has 0 radical (unpaired) electrons. The summed E-state index contributed by atoms with van der Waals surface area (Å²) in [5, 5.41) is 0.224. The zero-order valence-electron chi connectivity index (χ0n) is 14.4. The summed E-state index contributed by atoms with van der Waals surface area (Å²) in [5.74, 6) is 1.64. The molecule has 3 aromatic heterocycles. The van der Waals surface area contributed by atoms with E-state index in [2.05, 4.69) is 30.9 Å². The summed E-state index contributed by atoms with van der Waals surface area (Å²) in [6, 6.07) is 10.9. The molecule has 140 valence electrons. The molecule has 0 saturated heterocycles. The molecule has 0 aliphatic heterocycles. The molecule has 0 fully saturated rings. The SMILES string of the molecule is O=c1cc(Cn2cncc2Oc2ccc(Br)cc2)ccn1-c1cncc(Cl)n1. The molecule has 0 unspecified atom stereocenters. The van der Waals surface area contributed by atoms with Gasteiger partial charge >= 0.3 is 0 Å². The summed E-state index contributed by atoms with van der Waals surface area (Å²) in [4.78, 5) is 24.7. The largest absolute Gasteiger partial charge is 0.439 e. The molecule has 9 heteroatoms. The van der Waals surface area contributed by atoms with Crippen LogP contribution in [0, 0.1) is 0 Å². The highest BCUT2D eigenvalue weighted by Gasteiger charge is 2.08. The third-order valence-corrected chi connectivity index (χ3v) is 4.60. The van der Waals surface area contributed by atoms with Crippen LogP contribution in [0.3, 0.4) is 0 Å². The van der Waals surface area contributed by atoms with E-state index in [1.165, 1.54) is 23.0 Å². The fourth-order valence-corrected chi connectivity index (χ4v) is 3.00. The van der Waals surface area contributed by atoms with E-state index >= 15 is 0 Å². The van der Waals surface area contributed by atoms with E-state index in [4.69, 9.17) is 16.3 Å². The van der Waals surface area contributed by atoms with Gasteiger partial charge < -0.3 is 4.74 Å². The number of rotatable bonds is 5. The van der Waals surface area contributed by atoms with Crippen LogP contribution in [0.25, 0.3) is 5.82 Å². The predicted octanol–water partition coefficient (Wildman–Crippen LogP) is 4.08. The lowest BCUT2D eigenvalue weighted by Crippen LogP contribution is -2.19. The molecule has 7 nitrogen and oxygen atoms in total. The van der Waals surface area contributed by atoms with Crippen molar-refractivity contribution in [3.63, 3.8) is 0 Å². The fraction of sp³-hybridized carbons (Fsp3) is 0.0526. The van der Waals surface area contributed by atoms with Gasteiger partial charge in [0.25, 0.3) is 5.56 Å². The summed E-state index contributed by atoms with van der Waals surface area (Å²) in [6.07, 6.45) is 7.82. The Morgan fingerprint density at radius 1 is 1.07 bits per heavy atom. The number of halogens is 2. The average Bonchev–Trinajstić information content (AvgIpc) is 3.10. The van der Waals surface area contributed by atoms with Crippen molar-refractivity contribution in [2.75, 3.05) is 0 Å². The van der Waals surface area contributed by atoms with Gasteiger partial charge in [0, 0.05) is 16.7 Å². The lowest BCUT2D eigenvalue weighted by atomic mass is 10.2. The quantitative estimate of drug-likeness (QED) is 0.450. The van der Waals surface area contributed by atoms with Gasteiger partial charge in [0.05, 0.1) is 31.5 Å². The molecular weight excluding hydrogens is 446 g/mol. The van der Waals surface area contributed by atoms with Crippen LogP contribution in [0.5, 0.6) is 11.6 Å². The molecule has 0 aliphatic carbocycles. The Morgan fingerprint density at radius 2 is 1.89 bits per heavy atom. The van der Waals surface area contributed by atoms with E-state index < -0.39 is 0 Å². The van der Waals surface area contributed by atoms with Gasteiger partial charge in [-0.05, 0) is 35.9 Å². The maximum atomic E-state index is 12.5. The van der Waals surface area contributed by atoms with E-state index in [0.717, 1.165) is 10.0 Å². The van der Waals surface area contributed by atoms with Crippen molar-refractivity contribution in [2.45, 2.75) is 6.54 Å². The van der Waals surface area contributed by atoms with E-state index in [0.29, 0.717) is 24.0 Å². The molecule has 0 bridgehead atoms. The van der Waals surface area contributed by atoms with Crippen molar-refractivity contribution in [3.8, 4) is 17.4 Å². The van der Waals surface area contributed by atoms with Crippen LogP contribution < -0.4 is 10.3 Å². The van der Waals surface area contributed by atoms with Crippen LogP contribution in [0.15, 0.2) is 76.8 Å². The van der Waals surface area contributed by atoms with Crippen LogP contribution in [0.4, 0.5) is 0 Å². The Hall–Kier alpha value is -2.97. The third kappa shape index (κ3) is 4.13. The molecule has 0 saturated carbocycles. The Kier molecular flexibility index (Phi) is 5.23. The molecule has 0 N–H and O–H groups in total. The minimum absolute atomic E-state index is 0.224. The van der Waals surface area contributed by atoms with Gasteiger partial charge in [-0.3, -0.25) is 18.9 Å². The number of aromatic nitrogens is 5. The molecule has 0 aliphatic rings.